The van der Waals surface area contributed by atoms with Gasteiger partial charge in [-0.05, 0) is 45.5 Å². The molecule has 0 aliphatic heterocycles. The summed E-state index contributed by atoms with van der Waals surface area (Å²) in [6.07, 6.45) is 0. The highest BCUT2D eigenvalue weighted by atomic mass is 79.9. The van der Waals surface area contributed by atoms with Crippen LogP contribution < -0.4 is 4.74 Å². The van der Waals surface area contributed by atoms with Gasteiger partial charge in [0.25, 0.3) is 0 Å². The van der Waals surface area contributed by atoms with Crippen molar-refractivity contribution in [2.75, 3.05) is 7.11 Å². The summed E-state index contributed by atoms with van der Waals surface area (Å²) in [4.78, 5) is 0. The van der Waals surface area contributed by atoms with Crippen molar-refractivity contribution in [1.82, 2.24) is 0 Å². The van der Waals surface area contributed by atoms with E-state index in [2.05, 4.69) is 36.7 Å². The summed E-state index contributed by atoms with van der Waals surface area (Å²) < 4.78 is 6.15. The van der Waals surface area contributed by atoms with Crippen LogP contribution in [-0.2, 0) is 0 Å². The van der Waals surface area contributed by atoms with Crippen LogP contribution >= 0.6 is 27.5 Å². The summed E-state index contributed by atoms with van der Waals surface area (Å²) in [7, 11) is 1.66. The van der Waals surface area contributed by atoms with Crippen LogP contribution in [0.2, 0.25) is 0 Å². The average molecular weight is 306 g/mol. The highest BCUT2D eigenvalue weighted by Crippen LogP contribution is 2.36. The lowest BCUT2D eigenvalue weighted by Crippen LogP contribution is -2.10. The fourth-order valence-corrected chi connectivity index (χ4v) is 2.48. The van der Waals surface area contributed by atoms with E-state index in [-0.39, 0.29) is 5.38 Å². The van der Waals surface area contributed by atoms with Crippen LogP contribution in [0.25, 0.3) is 0 Å². The predicted octanol–water partition coefficient (Wildman–Crippen LogP) is 5.03. The number of hydrogen-bond acceptors (Lipinski definition) is 1. The molecule has 3 heteroatoms. The number of rotatable bonds is 4. The Morgan fingerprint density at radius 2 is 1.88 bits per heavy atom. The number of benzene rings is 1. The van der Waals surface area contributed by atoms with Gasteiger partial charge in [-0.3, -0.25) is 0 Å². The topological polar surface area (TPSA) is 9.23 Å². The molecule has 0 aliphatic rings. The van der Waals surface area contributed by atoms with Crippen molar-refractivity contribution < 1.29 is 4.74 Å². The summed E-state index contributed by atoms with van der Waals surface area (Å²) in [5.41, 5.74) is 1.13. The second-order valence-corrected chi connectivity index (χ2v) is 5.72. The molecule has 2 unspecified atom stereocenters. The molecule has 1 aromatic carbocycles. The van der Waals surface area contributed by atoms with Gasteiger partial charge in [-0.15, -0.1) is 11.6 Å². The zero-order valence-corrected chi connectivity index (χ0v) is 12.5. The van der Waals surface area contributed by atoms with Crippen molar-refractivity contribution in [3.8, 4) is 5.75 Å². The van der Waals surface area contributed by atoms with Crippen LogP contribution in [-0.4, -0.2) is 7.11 Å². The standard InChI is InChI=1S/C13H18BrClO/c1-8(2)9(3)13(15)10-5-6-12(16-4)11(14)7-10/h5-9,13H,1-4H3. The first-order valence-corrected chi connectivity index (χ1v) is 6.67. The quantitative estimate of drug-likeness (QED) is 0.709. The van der Waals surface area contributed by atoms with Gasteiger partial charge in [-0.1, -0.05) is 26.8 Å². The van der Waals surface area contributed by atoms with Crippen LogP contribution in [0, 0.1) is 11.8 Å². The number of halogens is 2. The van der Waals surface area contributed by atoms with Crippen molar-refractivity contribution in [2.45, 2.75) is 26.1 Å². The second kappa shape index (κ2) is 5.92. The zero-order chi connectivity index (χ0) is 12.3. The molecule has 1 aromatic rings. The van der Waals surface area contributed by atoms with Gasteiger partial charge in [0.15, 0.2) is 0 Å². The molecule has 1 rings (SSSR count). The van der Waals surface area contributed by atoms with Gasteiger partial charge in [0.05, 0.1) is 17.0 Å². The molecule has 0 saturated carbocycles. The van der Waals surface area contributed by atoms with Gasteiger partial charge in [0.2, 0.25) is 0 Å². The maximum absolute atomic E-state index is 6.46. The van der Waals surface area contributed by atoms with E-state index in [1.165, 1.54) is 0 Å². The number of hydrogen-bond donors (Lipinski definition) is 0. The highest BCUT2D eigenvalue weighted by molar-refractivity contribution is 9.10. The first kappa shape index (κ1) is 13.9. The second-order valence-electron chi connectivity index (χ2n) is 4.40. The minimum absolute atomic E-state index is 0.0437. The van der Waals surface area contributed by atoms with Crippen LogP contribution in [0.3, 0.4) is 0 Å². The Labute approximate surface area is 111 Å². The monoisotopic (exact) mass is 304 g/mol. The van der Waals surface area contributed by atoms with E-state index in [9.17, 15) is 0 Å². The van der Waals surface area contributed by atoms with E-state index in [0.29, 0.717) is 11.8 Å². The first-order valence-electron chi connectivity index (χ1n) is 5.44. The summed E-state index contributed by atoms with van der Waals surface area (Å²) >= 11 is 9.94. The molecule has 0 saturated heterocycles. The van der Waals surface area contributed by atoms with Crippen molar-refractivity contribution in [1.29, 1.82) is 0 Å². The molecule has 0 bridgehead atoms. The number of methoxy groups -OCH3 is 1. The van der Waals surface area contributed by atoms with Gasteiger partial charge in [0.1, 0.15) is 5.75 Å². The number of ether oxygens (including phenoxy) is 1. The Bertz CT molecular complexity index is 352. The van der Waals surface area contributed by atoms with Crippen molar-refractivity contribution in [2.24, 2.45) is 11.8 Å². The molecule has 0 aliphatic carbocycles. The van der Waals surface area contributed by atoms with Gasteiger partial charge < -0.3 is 4.74 Å². The van der Waals surface area contributed by atoms with E-state index in [1.807, 2.05) is 18.2 Å². The molecule has 0 heterocycles. The van der Waals surface area contributed by atoms with Crippen LogP contribution in [0.4, 0.5) is 0 Å². The summed E-state index contributed by atoms with van der Waals surface area (Å²) in [6.45, 7) is 6.57. The van der Waals surface area contributed by atoms with E-state index < -0.39 is 0 Å². The highest BCUT2D eigenvalue weighted by Gasteiger charge is 2.20. The maximum atomic E-state index is 6.46. The van der Waals surface area contributed by atoms with Crippen LogP contribution in [0.15, 0.2) is 22.7 Å². The molecule has 0 spiro atoms. The van der Waals surface area contributed by atoms with Gasteiger partial charge in [-0.25, -0.2) is 0 Å². The summed E-state index contributed by atoms with van der Waals surface area (Å²) in [5, 5.41) is 0.0437. The molecular formula is C13H18BrClO. The van der Waals surface area contributed by atoms with E-state index >= 15 is 0 Å². The molecule has 0 aromatic heterocycles. The average Bonchev–Trinajstić information content (AvgIpc) is 2.26. The van der Waals surface area contributed by atoms with Crippen molar-refractivity contribution in [3.63, 3.8) is 0 Å². The predicted molar refractivity (Wildman–Crippen MR) is 73.3 cm³/mol. The third-order valence-electron chi connectivity index (χ3n) is 3.01. The van der Waals surface area contributed by atoms with E-state index in [1.54, 1.807) is 7.11 Å². The lowest BCUT2D eigenvalue weighted by molar-refractivity contribution is 0.402. The molecule has 0 fully saturated rings. The third kappa shape index (κ3) is 3.14. The van der Waals surface area contributed by atoms with Gasteiger partial charge in [0, 0.05) is 0 Å². The normalized spacial score (nSPS) is 14.9. The molecule has 16 heavy (non-hydrogen) atoms. The Morgan fingerprint density at radius 1 is 1.25 bits per heavy atom. The molecular weight excluding hydrogens is 287 g/mol. The Kier molecular flexibility index (Phi) is 5.13. The van der Waals surface area contributed by atoms with Crippen LogP contribution in [0.1, 0.15) is 31.7 Å². The Balaban J connectivity index is 2.92. The minimum Gasteiger partial charge on any atom is -0.496 e. The van der Waals surface area contributed by atoms with Crippen LogP contribution in [0.5, 0.6) is 5.75 Å². The molecule has 2 atom stereocenters. The van der Waals surface area contributed by atoms with Gasteiger partial charge in [-0.2, -0.15) is 0 Å². The van der Waals surface area contributed by atoms with Crippen molar-refractivity contribution >= 4 is 27.5 Å². The summed E-state index contributed by atoms with van der Waals surface area (Å²) in [6, 6.07) is 6.01. The van der Waals surface area contributed by atoms with E-state index in [0.717, 1.165) is 15.8 Å². The third-order valence-corrected chi connectivity index (χ3v) is 4.28. The van der Waals surface area contributed by atoms with Gasteiger partial charge >= 0.3 is 0 Å². The number of alkyl halides is 1. The van der Waals surface area contributed by atoms with E-state index in [4.69, 9.17) is 16.3 Å². The molecule has 0 N–H and O–H groups in total. The molecule has 90 valence electrons. The SMILES string of the molecule is COc1ccc(C(Cl)C(C)C(C)C)cc1Br. The maximum Gasteiger partial charge on any atom is 0.133 e. The minimum atomic E-state index is 0.0437. The Hall–Kier alpha value is -0.210. The van der Waals surface area contributed by atoms with Crippen molar-refractivity contribution in [3.05, 3.63) is 28.2 Å². The fourth-order valence-electron chi connectivity index (χ4n) is 1.50. The molecule has 1 nitrogen and oxygen atoms in total. The lowest BCUT2D eigenvalue weighted by atomic mass is 9.90. The largest absolute Gasteiger partial charge is 0.496 e. The summed E-state index contributed by atoms with van der Waals surface area (Å²) in [5.74, 6) is 1.86. The molecule has 0 radical (unpaired) electrons. The fraction of sp³-hybridized carbons (Fsp3) is 0.538. The zero-order valence-electron chi connectivity index (χ0n) is 10.1. The first-order chi connectivity index (χ1) is 7.47. The molecule has 0 amide bonds. The smallest absolute Gasteiger partial charge is 0.133 e. The Morgan fingerprint density at radius 3 is 2.31 bits per heavy atom. The lowest BCUT2D eigenvalue weighted by Gasteiger charge is -2.22.